The highest BCUT2D eigenvalue weighted by atomic mass is 16.6. The zero-order valence-electron chi connectivity index (χ0n) is 46.9. The molecule has 1 atom stereocenters. The molecule has 0 aliphatic heterocycles. The Morgan fingerprint density at radius 2 is 0.478 bits per heavy atom. The lowest BCUT2D eigenvalue weighted by molar-refractivity contribution is -0.167. The molecular formula is C63H120O6. The number of esters is 3. The molecule has 0 N–H and O–H groups in total. The Morgan fingerprint density at radius 1 is 0.275 bits per heavy atom. The number of allylic oxidation sites excluding steroid dienone is 2. The van der Waals surface area contributed by atoms with Crippen molar-refractivity contribution in [2.75, 3.05) is 13.2 Å². The van der Waals surface area contributed by atoms with Crippen molar-refractivity contribution >= 4 is 17.9 Å². The van der Waals surface area contributed by atoms with Crippen LogP contribution in [0.5, 0.6) is 0 Å². The standard InChI is InChI=1S/C63H120O6/c1-4-7-10-13-16-19-22-25-28-30-32-34-35-38-41-44-47-50-53-56-62(65)68-59-60(58-67-61(64)55-52-49-46-43-40-37-27-24-21-18-15-12-9-6-3)69-63(66)57-54-51-48-45-42-39-36-33-31-29-26-23-20-17-14-11-8-5-2/h30,32,60H,4-29,31,33-59H2,1-3H3/b32-30-. The van der Waals surface area contributed by atoms with Gasteiger partial charge in [0.2, 0.25) is 0 Å². The molecule has 0 bridgehead atoms. The molecule has 1 unspecified atom stereocenters. The van der Waals surface area contributed by atoms with E-state index < -0.39 is 6.10 Å². The van der Waals surface area contributed by atoms with Crippen LogP contribution in [0.1, 0.15) is 355 Å². The summed E-state index contributed by atoms with van der Waals surface area (Å²) < 4.78 is 16.9. The minimum Gasteiger partial charge on any atom is -0.462 e. The van der Waals surface area contributed by atoms with Crippen LogP contribution in [-0.4, -0.2) is 37.2 Å². The van der Waals surface area contributed by atoms with Crippen LogP contribution in [0.2, 0.25) is 0 Å². The topological polar surface area (TPSA) is 78.9 Å². The molecule has 69 heavy (non-hydrogen) atoms. The van der Waals surface area contributed by atoms with Gasteiger partial charge in [-0.2, -0.15) is 0 Å². The summed E-state index contributed by atoms with van der Waals surface area (Å²) >= 11 is 0. The summed E-state index contributed by atoms with van der Waals surface area (Å²) in [5.41, 5.74) is 0. The van der Waals surface area contributed by atoms with Crippen molar-refractivity contribution in [2.24, 2.45) is 0 Å². The molecule has 0 fully saturated rings. The smallest absolute Gasteiger partial charge is 0.306 e. The van der Waals surface area contributed by atoms with Gasteiger partial charge in [0.1, 0.15) is 13.2 Å². The average molecular weight is 974 g/mol. The summed E-state index contributed by atoms with van der Waals surface area (Å²) in [6.07, 6.45) is 67.8. The fourth-order valence-corrected chi connectivity index (χ4v) is 9.56. The van der Waals surface area contributed by atoms with Gasteiger partial charge >= 0.3 is 17.9 Å². The van der Waals surface area contributed by atoms with Crippen molar-refractivity contribution in [3.05, 3.63) is 12.2 Å². The molecule has 0 saturated heterocycles. The number of hydrogen-bond donors (Lipinski definition) is 0. The van der Waals surface area contributed by atoms with Crippen molar-refractivity contribution in [3.8, 4) is 0 Å². The lowest BCUT2D eigenvalue weighted by Gasteiger charge is -2.18. The molecule has 0 heterocycles. The normalized spacial score (nSPS) is 12.0. The van der Waals surface area contributed by atoms with E-state index in [4.69, 9.17) is 14.2 Å². The second-order valence-electron chi connectivity index (χ2n) is 21.3. The van der Waals surface area contributed by atoms with E-state index in [1.807, 2.05) is 0 Å². The van der Waals surface area contributed by atoms with Gasteiger partial charge in [0.05, 0.1) is 0 Å². The number of rotatable bonds is 58. The van der Waals surface area contributed by atoms with E-state index >= 15 is 0 Å². The number of hydrogen-bond acceptors (Lipinski definition) is 6. The van der Waals surface area contributed by atoms with Crippen LogP contribution in [0.3, 0.4) is 0 Å². The highest BCUT2D eigenvalue weighted by molar-refractivity contribution is 5.71. The largest absolute Gasteiger partial charge is 0.462 e. The first-order valence-corrected chi connectivity index (χ1v) is 31.2. The maximum Gasteiger partial charge on any atom is 0.306 e. The van der Waals surface area contributed by atoms with Crippen molar-refractivity contribution in [1.29, 1.82) is 0 Å². The summed E-state index contributed by atoms with van der Waals surface area (Å²) in [7, 11) is 0. The van der Waals surface area contributed by atoms with E-state index in [2.05, 4.69) is 32.9 Å². The molecule has 0 amide bonds. The minimum absolute atomic E-state index is 0.0649. The van der Waals surface area contributed by atoms with Gasteiger partial charge in [-0.05, 0) is 44.9 Å². The van der Waals surface area contributed by atoms with Gasteiger partial charge in [-0.1, -0.05) is 303 Å². The van der Waals surface area contributed by atoms with Crippen molar-refractivity contribution in [2.45, 2.75) is 361 Å². The van der Waals surface area contributed by atoms with Gasteiger partial charge < -0.3 is 14.2 Å². The lowest BCUT2D eigenvalue weighted by atomic mass is 10.0. The zero-order chi connectivity index (χ0) is 50.0. The van der Waals surface area contributed by atoms with Crippen LogP contribution in [0, 0.1) is 0 Å². The van der Waals surface area contributed by atoms with Gasteiger partial charge in [0.15, 0.2) is 6.10 Å². The molecule has 6 nitrogen and oxygen atoms in total. The maximum absolute atomic E-state index is 12.9. The average Bonchev–Trinajstić information content (AvgIpc) is 3.35. The Kier molecular flexibility index (Phi) is 57.1. The maximum atomic E-state index is 12.9. The first-order valence-electron chi connectivity index (χ1n) is 31.2. The summed E-state index contributed by atoms with van der Waals surface area (Å²) in [5.74, 6) is -0.840. The third-order valence-electron chi connectivity index (χ3n) is 14.3. The van der Waals surface area contributed by atoms with Crippen LogP contribution >= 0.6 is 0 Å². The predicted molar refractivity (Wildman–Crippen MR) is 298 cm³/mol. The fourth-order valence-electron chi connectivity index (χ4n) is 9.56. The lowest BCUT2D eigenvalue weighted by Crippen LogP contribution is -2.30. The number of unbranched alkanes of at least 4 members (excludes halogenated alkanes) is 45. The Hall–Kier alpha value is -1.85. The highest BCUT2D eigenvalue weighted by Crippen LogP contribution is 2.18. The van der Waals surface area contributed by atoms with Gasteiger partial charge in [0.25, 0.3) is 0 Å². The van der Waals surface area contributed by atoms with Crippen molar-refractivity contribution < 1.29 is 28.6 Å². The van der Waals surface area contributed by atoms with E-state index in [1.54, 1.807) is 0 Å². The van der Waals surface area contributed by atoms with Gasteiger partial charge in [-0.15, -0.1) is 0 Å². The van der Waals surface area contributed by atoms with E-state index in [9.17, 15) is 14.4 Å². The quantitative estimate of drug-likeness (QED) is 0.0261. The highest BCUT2D eigenvalue weighted by Gasteiger charge is 2.19. The first-order chi connectivity index (χ1) is 34.0. The van der Waals surface area contributed by atoms with E-state index in [1.165, 1.54) is 257 Å². The van der Waals surface area contributed by atoms with Crippen molar-refractivity contribution in [3.63, 3.8) is 0 Å². The Labute approximate surface area is 431 Å². The van der Waals surface area contributed by atoms with Crippen LogP contribution in [-0.2, 0) is 28.6 Å². The van der Waals surface area contributed by atoms with E-state index in [0.717, 1.165) is 57.8 Å². The van der Waals surface area contributed by atoms with Gasteiger partial charge in [0, 0.05) is 19.3 Å². The third kappa shape index (κ3) is 56.9. The molecule has 408 valence electrons. The second kappa shape index (κ2) is 58.7. The molecule has 0 aromatic rings. The van der Waals surface area contributed by atoms with E-state index in [-0.39, 0.29) is 31.1 Å². The molecule has 0 radical (unpaired) electrons. The summed E-state index contributed by atoms with van der Waals surface area (Å²) in [4.78, 5) is 38.2. The van der Waals surface area contributed by atoms with Gasteiger partial charge in [-0.25, -0.2) is 0 Å². The Morgan fingerprint density at radius 3 is 0.725 bits per heavy atom. The zero-order valence-corrected chi connectivity index (χ0v) is 46.9. The van der Waals surface area contributed by atoms with Crippen LogP contribution < -0.4 is 0 Å². The molecule has 0 rings (SSSR count). The predicted octanol–water partition coefficient (Wildman–Crippen LogP) is 20.9. The summed E-state index contributed by atoms with van der Waals surface area (Å²) in [6.45, 7) is 6.71. The summed E-state index contributed by atoms with van der Waals surface area (Å²) in [5, 5.41) is 0. The number of carbonyl (C=O) groups is 3. The minimum atomic E-state index is -0.766. The van der Waals surface area contributed by atoms with Crippen molar-refractivity contribution in [1.82, 2.24) is 0 Å². The van der Waals surface area contributed by atoms with Crippen LogP contribution in [0.4, 0.5) is 0 Å². The molecule has 0 spiro atoms. The van der Waals surface area contributed by atoms with Gasteiger partial charge in [-0.3, -0.25) is 14.4 Å². The third-order valence-corrected chi connectivity index (χ3v) is 14.3. The Balaban J connectivity index is 4.30. The summed E-state index contributed by atoms with van der Waals surface area (Å²) in [6, 6.07) is 0. The fraction of sp³-hybridized carbons (Fsp3) is 0.921. The van der Waals surface area contributed by atoms with Crippen LogP contribution in [0.15, 0.2) is 12.2 Å². The number of carbonyl (C=O) groups excluding carboxylic acids is 3. The monoisotopic (exact) mass is 973 g/mol. The molecule has 0 aromatic heterocycles. The molecule has 0 aliphatic rings. The molecule has 0 aliphatic carbocycles. The first kappa shape index (κ1) is 67.1. The molecular weight excluding hydrogens is 853 g/mol. The molecule has 0 aromatic carbocycles. The number of ether oxygens (including phenoxy) is 3. The molecule has 6 heteroatoms. The SMILES string of the molecule is CCCCCCCCCC/C=C\CCCCCCCCCC(=O)OCC(COC(=O)CCCCCCCCCCCCCCCC)OC(=O)CCCCCCCCCCCCCCCCCCCC. The van der Waals surface area contributed by atoms with Crippen LogP contribution in [0.25, 0.3) is 0 Å². The van der Waals surface area contributed by atoms with E-state index in [0.29, 0.717) is 19.3 Å². The molecule has 0 saturated carbocycles. The second-order valence-corrected chi connectivity index (χ2v) is 21.3. The Bertz CT molecular complexity index is 1070.